The molecule has 1 heterocycles. The number of aliphatic carboxylic acids is 1. The Balaban J connectivity index is 2.89. The summed E-state index contributed by atoms with van der Waals surface area (Å²) in [6.07, 6.45) is 5.21. The molecule has 0 saturated heterocycles. The minimum absolute atomic E-state index is 0.0511. The van der Waals surface area contributed by atoms with Crippen molar-refractivity contribution in [3.05, 3.63) is 36.4 Å². The van der Waals surface area contributed by atoms with E-state index in [4.69, 9.17) is 5.11 Å². The minimum atomic E-state index is -1.07. The predicted molar refractivity (Wildman–Crippen MR) is 74.4 cm³/mol. The molecule has 1 aromatic rings. The summed E-state index contributed by atoms with van der Waals surface area (Å²) in [5.74, 6) is -1.48. The molecule has 0 aliphatic rings. The number of carboxylic acid groups (broad SMARTS) is 1. The molecular formula is C14H19N3O3. The zero-order valence-electron chi connectivity index (χ0n) is 11.7. The van der Waals surface area contributed by atoms with Gasteiger partial charge in [-0.2, -0.15) is 0 Å². The maximum absolute atomic E-state index is 12.2. The van der Waals surface area contributed by atoms with Gasteiger partial charge in [-0.05, 0) is 18.8 Å². The Morgan fingerprint density at radius 1 is 1.50 bits per heavy atom. The molecule has 0 aliphatic carbocycles. The Labute approximate surface area is 117 Å². The average Bonchev–Trinajstić information content (AvgIpc) is 2.42. The first kappa shape index (κ1) is 15.8. The van der Waals surface area contributed by atoms with Crippen molar-refractivity contribution in [1.82, 2.24) is 15.3 Å². The third-order valence-electron chi connectivity index (χ3n) is 2.80. The fourth-order valence-electron chi connectivity index (χ4n) is 1.75. The molecule has 0 aliphatic heterocycles. The van der Waals surface area contributed by atoms with Gasteiger partial charge in [0.1, 0.15) is 12.4 Å². The number of carbonyl (C=O) groups excluding carboxylic acids is 1. The molecule has 0 aromatic carbocycles. The van der Waals surface area contributed by atoms with Crippen molar-refractivity contribution in [1.29, 1.82) is 0 Å². The summed E-state index contributed by atoms with van der Waals surface area (Å²) in [7, 11) is 0. The van der Waals surface area contributed by atoms with Crippen LogP contribution in [0.1, 0.15) is 48.7 Å². The van der Waals surface area contributed by atoms with Gasteiger partial charge in [-0.1, -0.05) is 19.9 Å². The molecule has 0 saturated carbocycles. The Morgan fingerprint density at radius 2 is 2.20 bits per heavy atom. The Hall–Kier alpha value is -2.24. The van der Waals surface area contributed by atoms with Crippen LogP contribution in [0, 0.1) is 0 Å². The number of carboxylic acids is 1. The van der Waals surface area contributed by atoms with Crippen molar-refractivity contribution >= 4 is 11.9 Å². The number of nitrogens with zero attached hydrogens (tertiary/aromatic N) is 2. The molecule has 1 aromatic heterocycles. The quantitative estimate of drug-likeness (QED) is 0.741. The number of allylic oxidation sites excluding steroid dienone is 1. The highest BCUT2D eigenvalue weighted by Crippen LogP contribution is 2.15. The number of nitrogens with one attached hydrogen (secondary N) is 1. The van der Waals surface area contributed by atoms with E-state index in [1.165, 1.54) is 12.5 Å². The lowest BCUT2D eigenvalue weighted by Crippen LogP contribution is -2.41. The van der Waals surface area contributed by atoms with E-state index in [-0.39, 0.29) is 5.92 Å². The maximum Gasteiger partial charge on any atom is 0.326 e. The van der Waals surface area contributed by atoms with Crippen molar-refractivity contribution in [3.63, 3.8) is 0 Å². The van der Waals surface area contributed by atoms with Gasteiger partial charge in [0.15, 0.2) is 0 Å². The van der Waals surface area contributed by atoms with E-state index >= 15 is 0 Å². The maximum atomic E-state index is 12.2. The van der Waals surface area contributed by atoms with Crippen LogP contribution in [0.2, 0.25) is 0 Å². The average molecular weight is 277 g/mol. The smallest absolute Gasteiger partial charge is 0.326 e. The first-order chi connectivity index (χ1) is 9.47. The van der Waals surface area contributed by atoms with Crippen LogP contribution in [0.15, 0.2) is 25.2 Å². The normalized spacial score (nSPS) is 11.9. The van der Waals surface area contributed by atoms with Gasteiger partial charge in [0.25, 0.3) is 5.91 Å². The van der Waals surface area contributed by atoms with E-state index < -0.39 is 17.9 Å². The summed E-state index contributed by atoms with van der Waals surface area (Å²) >= 11 is 0. The summed E-state index contributed by atoms with van der Waals surface area (Å²) in [5, 5.41) is 11.6. The Morgan fingerprint density at radius 3 is 2.75 bits per heavy atom. The second-order valence-corrected chi connectivity index (χ2v) is 4.71. The molecule has 108 valence electrons. The van der Waals surface area contributed by atoms with Crippen LogP contribution >= 0.6 is 0 Å². The lowest BCUT2D eigenvalue weighted by molar-refractivity contribution is -0.139. The third kappa shape index (κ3) is 4.15. The molecule has 6 heteroatoms. The molecule has 1 atom stereocenters. The highest BCUT2D eigenvalue weighted by Gasteiger charge is 2.22. The number of carbonyl (C=O) groups is 2. The van der Waals surface area contributed by atoms with Gasteiger partial charge in [0.2, 0.25) is 0 Å². The lowest BCUT2D eigenvalue weighted by Gasteiger charge is -2.15. The predicted octanol–water partition coefficient (Wildman–Crippen LogP) is 1.75. The van der Waals surface area contributed by atoms with Crippen LogP contribution in [0.5, 0.6) is 0 Å². The molecule has 6 nitrogen and oxygen atoms in total. The van der Waals surface area contributed by atoms with Gasteiger partial charge in [-0.25, -0.2) is 14.8 Å². The number of hydrogen-bond donors (Lipinski definition) is 2. The molecule has 20 heavy (non-hydrogen) atoms. The highest BCUT2D eigenvalue weighted by molar-refractivity contribution is 5.97. The van der Waals surface area contributed by atoms with Gasteiger partial charge in [-0.15, -0.1) is 6.58 Å². The summed E-state index contributed by atoms with van der Waals surface area (Å²) in [6, 6.07) is -0.944. The summed E-state index contributed by atoms with van der Waals surface area (Å²) in [6.45, 7) is 7.36. The number of rotatable bonds is 7. The number of amides is 1. The minimum Gasteiger partial charge on any atom is -0.480 e. The van der Waals surface area contributed by atoms with Crippen molar-refractivity contribution < 1.29 is 14.7 Å². The van der Waals surface area contributed by atoms with E-state index in [1.807, 2.05) is 13.8 Å². The first-order valence-electron chi connectivity index (χ1n) is 6.41. The molecule has 1 rings (SSSR count). The van der Waals surface area contributed by atoms with Crippen LogP contribution in [-0.4, -0.2) is 33.0 Å². The number of hydrogen-bond acceptors (Lipinski definition) is 4. The van der Waals surface area contributed by atoms with Crippen LogP contribution in [0.25, 0.3) is 0 Å². The van der Waals surface area contributed by atoms with Gasteiger partial charge in [0, 0.05) is 6.20 Å². The van der Waals surface area contributed by atoms with Gasteiger partial charge >= 0.3 is 5.97 Å². The molecular weight excluding hydrogens is 258 g/mol. The molecule has 1 amide bonds. The van der Waals surface area contributed by atoms with E-state index in [9.17, 15) is 9.59 Å². The molecule has 0 spiro atoms. The van der Waals surface area contributed by atoms with E-state index in [1.54, 1.807) is 6.08 Å². The number of aromatic nitrogens is 2. The van der Waals surface area contributed by atoms with Crippen molar-refractivity contribution in [2.75, 3.05) is 0 Å². The topological polar surface area (TPSA) is 92.2 Å². The van der Waals surface area contributed by atoms with Crippen LogP contribution in [0.3, 0.4) is 0 Å². The summed E-state index contributed by atoms with van der Waals surface area (Å²) < 4.78 is 0. The summed E-state index contributed by atoms with van der Waals surface area (Å²) in [5.41, 5.74) is 0.915. The van der Waals surface area contributed by atoms with Crippen LogP contribution in [-0.2, 0) is 4.79 Å². The standard InChI is InChI=1S/C14H19N3O3/c1-4-5-6-11(14(19)20)17-13(18)10-7-15-8-16-12(10)9(2)3/h4,7-9,11H,1,5-6H2,2-3H3,(H,17,18)(H,19,20). The Bertz CT molecular complexity index is 500. The highest BCUT2D eigenvalue weighted by atomic mass is 16.4. The fraction of sp³-hybridized carbons (Fsp3) is 0.429. The van der Waals surface area contributed by atoms with E-state index in [0.717, 1.165) is 0 Å². The molecule has 0 bridgehead atoms. The molecule has 0 fully saturated rings. The second-order valence-electron chi connectivity index (χ2n) is 4.71. The Kier molecular flexibility index (Phi) is 5.83. The van der Waals surface area contributed by atoms with E-state index in [2.05, 4.69) is 21.9 Å². The van der Waals surface area contributed by atoms with Gasteiger partial charge < -0.3 is 10.4 Å². The largest absolute Gasteiger partial charge is 0.480 e. The zero-order valence-corrected chi connectivity index (χ0v) is 11.7. The zero-order chi connectivity index (χ0) is 15.1. The van der Waals surface area contributed by atoms with Gasteiger partial charge in [-0.3, -0.25) is 4.79 Å². The van der Waals surface area contributed by atoms with Crippen molar-refractivity contribution in [2.45, 2.75) is 38.6 Å². The molecule has 1 unspecified atom stereocenters. The van der Waals surface area contributed by atoms with Crippen LogP contribution < -0.4 is 5.32 Å². The van der Waals surface area contributed by atoms with Crippen LogP contribution in [0.4, 0.5) is 0 Å². The van der Waals surface area contributed by atoms with Gasteiger partial charge in [0.05, 0.1) is 11.3 Å². The van der Waals surface area contributed by atoms with E-state index in [0.29, 0.717) is 24.1 Å². The SMILES string of the molecule is C=CCCC(NC(=O)c1cncnc1C(C)C)C(=O)O. The van der Waals surface area contributed by atoms with Crippen molar-refractivity contribution in [3.8, 4) is 0 Å². The summed E-state index contributed by atoms with van der Waals surface area (Å²) in [4.78, 5) is 31.2. The van der Waals surface area contributed by atoms with Crippen molar-refractivity contribution in [2.24, 2.45) is 0 Å². The first-order valence-corrected chi connectivity index (χ1v) is 6.41. The third-order valence-corrected chi connectivity index (χ3v) is 2.80. The second kappa shape index (κ2) is 7.37. The lowest BCUT2D eigenvalue weighted by atomic mass is 10.0. The fourth-order valence-corrected chi connectivity index (χ4v) is 1.75. The molecule has 2 N–H and O–H groups in total. The monoisotopic (exact) mass is 277 g/mol. The molecule has 0 radical (unpaired) electrons.